The molecule has 0 aliphatic rings. The molecule has 0 amide bonds. The van der Waals surface area contributed by atoms with Gasteiger partial charge in [0.15, 0.2) is 0 Å². The third-order valence-electron chi connectivity index (χ3n) is 1.50. The Labute approximate surface area is 77.9 Å². The van der Waals surface area contributed by atoms with Crippen molar-refractivity contribution >= 4 is 0 Å². The summed E-state index contributed by atoms with van der Waals surface area (Å²) in [5, 5.41) is 0. The lowest BCUT2D eigenvalue weighted by atomic mass is 10.4. The van der Waals surface area contributed by atoms with Crippen LogP contribution < -0.4 is 4.74 Å². The smallest absolute Gasteiger partial charge is 0.216 e. The Bertz CT molecular complexity index is 266. The molecule has 0 bridgehead atoms. The minimum Gasteiger partial charge on any atom is -0.472 e. The van der Waals surface area contributed by atoms with E-state index in [4.69, 9.17) is 9.47 Å². The maximum atomic E-state index is 5.46. The van der Waals surface area contributed by atoms with Crippen LogP contribution in [0.3, 0.4) is 0 Å². The first kappa shape index (κ1) is 9.92. The van der Waals surface area contributed by atoms with Gasteiger partial charge in [-0.05, 0) is 13.8 Å². The summed E-state index contributed by atoms with van der Waals surface area (Å²) in [4.78, 5) is 7.94. The van der Waals surface area contributed by atoms with Gasteiger partial charge in [0.1, 0.15) is 12.4 Å². The number of methoxy groups -OCH3 is 1. The zero-order chi connectivity index (χ0) is 9.68. The Morgan fingerprint density at radius 1 is 1.46 bits per heavy atom. The van der Waals surface area contributed by atoms with Gasteiger partial charge >= 0.3 is 0 Å². The molecule has 1 aromatic rings. The van der Waals surface area contributed by atoms with Gasteiger partial charge < -0.3 is 9.47 Å². The molecule has 0 spiro atoms. The lowest BCUT2D eigenvalue weighted by molar-refractivity contribution is 0.0888. The van der Waals surface area contributed by atoms with Crippen molar-refractivity contribution in [2.45, 2.75) is 20.0 Å². The van der Waals surface area contributed by atoms with Gasteiger partial charge in [-0.2, -0.15) is 0 Å². The van der Waals surface area contributed by atoms with Crippen LogP contribution in [0.2, 0.25) is 0 Å². The SMILES string of the molecule is COC[C@H](C)Oc1cc(C)ncn1. The molecule has 4 heteroatoms. The largest absolute Gasteiger partial charge is 0.472 e. The van der Waals surface area contributed by atoms with Crippen molar-refractivity contribution in [2.24, 2.45) is 0 Å². The molecular weight excluding hydrogens is 168 g/mol. The van der Waals surface area contributed by atoms with Crippen LogP contribution in [0.15, 0.2) is 12.4 Å². The molecule has 0 saturated heterocycles. The summed E-state index contributed by atoms with van der Waals surface area (Å²) < 4.78 is 10.4. The lowest BCUT2D eigenvalue weighted by Gasteiger charge is -2.12. The molecule has 0 fully saturated rings. The monoisotopic (exact) mass is 182 g/mol. The second-order valence-electron chi connectivity index (χ2n) is 2.88. The molecular formula is C9H14N2O2. The fourth-order valence-electron chi connectivity index (χ4n) is 0.969. The highest BCUT2D eigenvalue weighted by atomic mass is 16.5. The summed E-state index contributed by atoms with van der Waals surface area (Å²) in [6.45, 7) is 4.39. The van der Waals surface area contributed by atoms with E-state index in [2.05, 4.69) is 9.97 Å². The van der Waals surface area contributed by atoms with Gasteiger partial charge in [0.05, 0.1) is 6.61 Å². The molecule has 1 heterocycles. The third kappa shape index (κ3) is 3.38. The van der Waals surface area contributed by atoms with Crippen molar-refractivity contribution in [3.63, 3.8) is 0 Å². The maximum absolute atomic E-state index is 5.46. The molecule has 13 heavy (non-hydrogen) atoms. The Morgan fingerprint density at radius 2 is 2.23 bits per heavy atom. The minimum absolute atomic E-state index is 0.0132. The number of hydrogen-bond acceptors (Lipinski definition) is 4. The van der Waals surface area contributed by atoms with Crippen molar-refractivity contribution in [3.05, 3.63) is 18.1 Å². The zero-order valence-corrected chi connectivity index (χ0v) is 8.15. The maximum Gasteiger partial charge on any atom is 0.216 e. The fraction of sp³-hybridized carbons (Fsp3) is 0.556. The van der Waals surface area contributed by atoms with Gasteiger partial charge in [-0.25, -0.2) is 9.97 Å². The lowest BCUT2D eigenvalue weighted by Crippen LogP contribution is -2.18. The first-order chi connectivity index (χ1) is 6.22. The standard InChI is InChI=1S/C9H14N2O2/c1-7-4-9(11-6-10-7)13-8(2)5-12-3/h4,6,8H,5H2,1-3H3/t8-/m0/s1. The summed E-state index contributed by atoms with van der Waals surface area (Å²) in [5.41, 5.74) is 0.898. The van der Waals surface area contributed by atoms with E-state index in [9.17, 15) is 0 Å². The summed E-state index contributed by atoms with van der Waals surface area (Å²) in [5.74, 6) is 0.594. The summed E-state index contributed by atoms with van der Waals surface area (Å²) in [6.07, 6.45) is 1.50. The van der Waals surface area contributed by atoms with E-state index in [1.54, 1.807) is 13.2 Å². The van der Waals surface area contributed by atoms with Crippen molar-refractivity contribution in [1.29, 1.82) is 0 Å². The van der Waals surface area contributed by atoms with Gasteiger partial charge in [-0.3, -0.25) is 0 Å². The van der Waals surface area contributed by atoms with E-state index in [1.807, 2.05) is 13.8 Å². The van der Waals surface area contributed by atoms with Crippen LogP contribution in [0, 0.1) is 6.92 Å². The Balaban J connectivity index is 2.53. The minimum atomic E-state index is 0.0132. The number of ether oxygens (including phenoxy) is 2. The second kappa shape index (κ2) is 4.77. The number of aryl methyl sites for hydroxylation is 1. The molecule has 4 nitrogen and oxygen atoms in total. The summed E-state index contributed by atoms with van der Waals surface area (Å²) >= 11 is 0. The van der Waals surface area contributed by atoms with E-state index in [0.717, 1.165) is 5.69 Å². The van der Waals surface area contributed by atoms with E-state index >= 15 is 0 Å². The molecule has 72 valence electrons. The molecule has 0 aliphatic carbocycles. The molecule has 1 aromatic heterocycles. The molecule has 0 radical (unpaired) electrons. The van der Waals surface area contributed by atoms with Crippen LogP contribution >= 0.6 is 0 Å². The number of hydrogen-bond donors (Lipinski definition) is 0. The van der Waals surface area contributed by atoms with Gasteiger partial charge in [0.2, 0.25) is 5.88 Å². The van der Waals surface area contributed by atoms with Crippen LogP contribution in [-0.2, 0) is 4.74 Å². The first-order valence-electron chi connectivity index (χ1n) is 4.16. The van der Waals surface area contributed by atoms with Crippen molar-refractivity contribution < 1.29 is 9.47 Å². The quantitative estimate of drug-likeness (QED) is 0.701. The van der Waals surface area contributed by atoms with Gasteiger partial charge in [-0.1, -0.05) is 0 Å². The van der Waals surface area contributed by atoms with Crippen molar-refractivity contribution in [1.82, 2.24) is 9.97 Å². The molecule has 1 rings (SSSR count). The number of aromatic nitrogens is 2. The summed E-state index contributed by atoms with van der Waals surface area (Å²) in [7, 11) is 1.64. The topological polar surface area (TPSA) is 44.2 Å². The molecule has 1 atom stereocenters. The van der Waals surface area contributed by atoms with Gasteiger partial charge in [0.25, 0.3) is 0 Å². The summed E-state index contributed by atoms with van der Waals surface area (Å²) in [6, 6.07) is 1.80. The average Bonchev–Trinajstić information content (AvgIpc) is 2.04. The van der Waals surface area contributed by atoms with E-state index < -0.39 is 0 Å². The molecule has 0 aliphatic heterocycles. The average molecular weight is 182 g/mol. The van der Waals surface area contributed by atoms with Crippen LogP contribution in [0.1, 0.15) is 12.6 Å². The van der Waals surface area contributed by atoms with Crippen LogP contribution in [-0.4, -0.2) is 29.8 Å². The van der Waals surface area contributed by atoms with Crippen LogP contribution in [0.25, 0.3) is 0 Å². The zero-order valence-electron chi connectivity index (χ0n) is 8.15. The van der Waals surface area contributed by atoms with E-state index in [-0.39, 0.29) is 6.10 Å². The molecule has 0 aromatic carbocycles. The highest BCUT2D eigenvalue weighted by molar-refractivity contribution is 5.12. The molecule has 0 saturated carbocycles. The number of nitrogens with zero attached hydrogens (tertiary/aromatic N) is 2. The number of rotatable bonds is 4. The highest BCUT2D eigenvalue weighted by Gasteiger charge is 2.03. The predicted molar refractivity (Wildman–Crippen MR) is 48.7 cm³/mol. The van der Waals surface area contributed by atoms with Crippen molar-refractivity contribution in [2.75, 3.05) is 13.7 Å². The second-order valence-corrected chi connectivity index (χ2v) is 2.88. The fourth-order valence-corrected chi connectivity index (χ4v) is 0.969. The molecule has 0 N–H and O–H groups in total. The van der Waals surface area contributed by atoms with Gasteiger partial charge in [-0.15, -0.1) is 0 Å². The Hall–Kier alpha value is -1.16. The van der Waals surface area contributed by atoms with E-state index in [1.165, 1.54) is 6.33 Å². The highest BCUT2D eigenvalue weighted by Crippen LogP contribution is 2.07. The normalized spacial score (nSPS) is 12.5. The van der Waals surface area contributed by atoms with Crippen molar-refractivity contribution in [3.8, 4) is 5.88 Å². The van der Waals surface area contributed by atoms with Crippen LogP contribution in [0.4, 0.5) is 0 Å². The van der Waals surface area contributed by atoms with Crippen LogP contribution in [0.5, 0.6) is 5.88 Å². The van der Waals surface area contributed by atoms with Gasteiger partial charge in [0, 0.05) is 18.9 Å². The third-order valence-corrected chi connectivity index (χ3v) is 1.50. The predicted octanol–water partition coefficient (Wildman–Crippen LogP) is 1.20. The Kier molecular flexibility index (Phi) is 3.64. The Morgan fingerprint density at radius 3 is 2.85 bits per heavy atom. The van der Waals surface area contributed by atoms with E-state index in [0.29, 0.717) is 12.5 Å². The molecule has 0 unspecified atom stereocenters. The first-order valence-corrected chi connectivity index (χ1v) is 4.16.